The van der Waals surface area contributed by atoms with Crippen molar-refractivity contribution in [2.45, 2.75) is 32.4 Å². The van der Waals surface area contributed by atoms with E-state index in [4.69, 9.17) is 0 Å². The van der Waals surface area contributed by atoms with E-state index in [9.17, 15) is 5.11 Å². The average molecular weight is 277 g/mol. The monoisotopic (exact) mass is 277 g/mol. The van der Waals surface area contributed by atoms with Crippen molar-refractivity contribution >= 4 is 10.9 Å². The fourth-order valence-electron chi connectivity index (χ4n) is 3.39. The minimum absolute atomic E-state index is 0.0972. The van der Waals surface area contributed by atoms with Gasteiger partial charge in [0.1, 0.15) is 0 Å². The van der Waals surface area contributed by atoms with Gasteiger partial charge in [-0.05, 0) is 59.0 Å². The van der Waals surface area contributed by atoms with Crippen molar-refractivity contribution < 1.29 is 5.11 Å². The van der Waals surface area contributed by atoms with Gasteiger partial charge in [-0.1, -0.05) is 30.3 Å². The molecule has 1 aromatic heterocycles. The summed E-state index contributed by atoms with van der Waals surface area (Å²) in [5.41, 5.74) is 6.58. The van der Waals surface area contributed by atoms with Gasteiger partial charge in [0.05, 0.1) is 6.61 Å². The van der Waals surface area contributed by atoms with Crippen LogP contribution in [0.3, 0.4) is 0 Å². The number of rotatable bonds is 3. The first-order chi connectivity index (χ1) is 10.3. The van der Waals surface area contributed by atoms with Gasteiger partial charge < -0.3 is 9.67 Å². The van der Waals surface area contributed by atoms with Crippen molar-refractivity contribution in [3.05, 3.63) is 70.9 Å². The van der Waals surface area contributed by atoms with Gasteiger partial charge in [-0.15, -0.1) is 0 Å². The quantitative estimate of drug-likeness (QED) is 0.776. The second kappa shape index (κ2) is 5.05. The lowest BCUT2D eigenvalue weighted by Gasteiger charge is -2.09. The summed E-state index contributed by atoms with van der Waals surface area (Å²) in [6.07, 6.45) is 5.90. The van der Waals surface area contributed by atoms with Crippen molar-refractivity contribution in [3.63, 3.8) is 0 Å². The predicted octanol–water partition coefficient (Wildman–Crippen LogP) is 3.67. The Balaban J connectivity index is 1.70. The molecule has 0 amide bonds. The first-order valence-electron chi connectivity index (χ1n) is 7.63. The lowest BCUT2D eigenvalue weighted by Crippen LogP contribution is -1.99. The van der Waals surface area contributed by atoms with Crippen LogP contribution in [0.15, 0.2) is 48.7 Å². The first-order valence-corrected chi connectivity index (χ1v) is 7.63. The van der Waals surface area contributed by atoms with Crippen LogP contribution in [0.4, 0.5) is 0 Å². The number of aliphatic hydroxyl groups excluding tert-OH is 1. The highest BCUT2D eigenvalue weighted by Gasteiger charge is 2.11. The summed E-state index contributed by atoms with van der Waals surface area (Å²) >= 11 is 0. The Hall–Kier alpha value is -2.06. The van der Waals surface area contributed by atoms with Crippen LogP contribution in [0.2, 0.25) is 0 Å². The maximum atomic E-state index is 9.31. The molecular weight excluding hydrogens is 258 g/mol. The number of aromatic nitrogens is 1. The standard InChI is InChI=1S/C19H19NO/c21-13-15-5-7-17-8-9-20(19(17)11-15)12-14-4-6-16-2-1-3-18(16)10-14/h4-11,21H,1-3,12-13H2. The molecule has 21 heavy (non-hydrogen) atoms. The van der Waals surface area contributed by atoms with E-state index in [1.165, 1.54) is 46.9 Å². The van der Waals surface area contributed by atoms with Crippen LogP contribution in [0.1, 0.15) is 28.7 Å². The van der Waals surface area contributed by atoms with E-state index in [2.05, 4.69) is 47.2 Å². The van der Waals surface area contributed by atoms with Gasteiger partial charge in [0, 0.05) is 18.3 Å². The second-order valence-electron chi connectivity index (χ2n) is 5.95. The summed E-state index contributed by atoms with van der Waals surface area (Å²) in [6.45, 7) is 0.992. The Morgan fingerprint density at radius 2 is 1.76 bits per heavy atom. The number of aryl methyl sites for hydroxylation is 2. The first kappa shape index (κ1) is 12.7. The minimum Gasteiger partial charge on any atom is -0.392 e. The van der Waals surface area contributed by atoms with Crippen LogP contribution >= 0.6 is 0 Å². The van der Waals surface area contributed by atoms with E-state index >= 15 is 0 Å². The number of aliphatic hydroxyl groups is 1. The number of hydrogen-bond acceptors (Lipinski definition) is 1. The maximum Gasteiger partial charge on any atom is 0.0682 e. The summed E-state index contributed by atoms with van der Waals surface area (Å²) in [5, 5.41) is 10.5. The summed E-state index contributed by atoms with van der Waals surface area (Å²) in [4.78, 5) is 0. The number of benzene rings is 2. The third-order valence-electron chi connectivity index (χ3n) is 4.54. The molecule has 0 spiro atoms. The van der Waals surface area contributed by atoms with Gasteiger partial charge in [0.15, 0.2) is 0 Å². The fraction of sp³-hybridized carbons (Fsp3) is 0.263. The molecule has 0 bridgehead atoms. The highest BCUT2D eigenvalue weighted by molar-refractivity contribution is 5.80. The van der Waals surface area contributed by atoms with Gasteiger partial charge in [-0.25, -0.2) is 0 Å². The van der Waals surface area contributed by atoms with Gasteiger partial charge in [-0.3, -0.25) is 0 Å². The van der Waals surface area contributed by atoms with Crippen molar-refractivity contribution in [2.24, 2.45) is 0 Å². The Labute approximate surface area is 124 Å². The molecule has 0 fully saturated rings. The van der Waals surface area contributed by atoms with E-state index in [0.29, 0.717) is 0 Å². The highest BCUT2D eigenvalue weighted by atomic mass is 16.3. The molecule has 106 valence electrons. The molecule has 1 N–H and O–H groups in total. The molecule has 3 aromatic rings. The second-order valence-corrected chi connectivity index (χ2v) is 5.95. The fourth-order valence-corrected chi connectivity index (χ4v) is 3.39. The summed E-state index contributed by atoms with van der Waals surface area (Å²) in [7, 11) is 0. The van der Waals surface area contributed by atoms with Gasteiger partial charge in [-0.2, -0.15) is 0 Å². The molecular formula is C19H19NO. The summed E-state index contributed by atoms with van der Waals surface area (Å²) in [5.74, 6) is 0. The predicted molar refractivity (Wildman–Crippen MR) is 85.4 cm³/mol. The Morgan fingerprint density at radius 1 is 0.905 bits per heavy atom. The Bertz CT molecular complexity index is 800. The zero-order chi connectivity index (χ0) is 14.2. The zero-order valence-corrected chi connectivity index (χ0v) is 12.0. The summed E-state index contributed by atoms with van der Waals surface area (Å²) in [6, 6.07) is 15.2. The number of nitrogens with zero attached hydrogens (tertiary/aromatic N) is 1. The molecule has 2 aromatic carbocycles. The maximum absolute atomic E-state index is 9.31. The van der Waals surface area contributed by atoms with E-state index < -0.39 is 0 Å². The van der Waals surface area contributed by atoms with Gasteiger partial charge >= 0.3 is 0 Å². The Kier molecular flexibility index (Phi) is 3.04. The van der Waals surface area contributed by atoms with E-state index in [-0.39, 0.29) is 6.61 Å². The van der Waals surface area contributed by atoms with Crippen molar-refractivity contribution in [1.82, 2.24) is 4.57 Å². The molecule has 2 heteroatoms. The average Bonchev–Trinajstić information content (AvgIpc) is 3.13. The molecule has 0 unspecified atom stereocenters. The molecule has 0 saturated heterocycles. The lowest BCUT2D eigenvalue weighted by atomic mass is 10.1. The molecule has 2 nitrogen and oxygen atoms in total. The third-order valence-corrected chi connectivity index (χ3v) is 4.54. The van der Waals surface area contributed by atoms with E-state index in [0.717, 1.165) is 12.1 Å². The van der Waals surface area contributed by atoms with Crippen LogP contribution in [0.5, 0.6) is 0 Å². The summed E-state index contributed by atoms with van der Waals surface area (Å²) < 4.78 is 2.27. The molecule has 1 aliphatic rings. The smallest absolute Gasteiger partial charge is 0.0682 e. The van der Waals surface area contributed by atoms with Crippen LogP contribution in [-0.4, -0.2) is 9.67 Å². The van der Waals surface area contributed by atoms with Crippen molar-refractivity contribution in [1.29, 1.82) is 0 Å². The molecule has 1 heterocycles. The van der Waals surface area contributed by atoms with Crippen LogP contribution in [-0.2, 0) is 26.0 Å². The number of fused-ring (bicyclic) bond motifs is 2. The third kappa shape index (κ3) is 2.26. The molecule has 0 aliphatic heterocycles. The molecule has 0 atom stereocenters. The topological polar surface area (TPSA) is 25.2 Å². The number of hydrogen-bond donors (Lipinski definition) is 1. The molecule has 0 radical (unpaired) electrons. The molecule has 4 rings (SSSR count). The molecule has 1 aliphatic carbocycles. The lowest BCUT2D eigenvalue weighted by molar-refractivity contribution is 0.282. The minimum atomic E-state index is 0.0972. The SMILES string of the molecule is OCc1ccc2ccn(Cc3ccc4c(c3)CCC4)c2c1. The van der Waals surface area contributed by atoms with Crippen LogP contribution < -0.4 is 0 Å². The van der Waals surface area contributed by atoms with Crippen molar-refractivity contribution in [2.75, 3.05) is 0 Å². The van der Waals surface area contributed by atoms with Crippen LogP contribution in [0, 0.1) is 0 Å². The Morgan fingerprint density at radius 3 is 2.67 bits per heavy atom. The van der Waals surface area contributed by atoms with E-state index in [1.807, 2.05) is 6.07 Å². The van der Waals surface area contributed by atoms with Crippen molar-refractivity contribution in [3.8, 4) is 0 Å². The molecule has 0 saturated carbocycles. The van der Waals surface area contributed by atoms with Crippen LogP contribution in [0.25, 0.3) is 10.9 Å². The largest absolute Gasteiger partial charge is 0.392 e. The van der Waals surface area contributed by atoms with E-state index in [1.54, 1.807) is 0 Å². The van der Waals surface area contributed by atoms with Gasteiger partial charge in [0.25, 0.3) is 0 Å². The highest BCUT2D eigenvalue weighted by Crippen LogP contribution is 2.24. The zero-order valence-electron chi connectivity index (χ0n) is 12.0. The van der Waals surface area contributed by atoms with Gasteiger partial charge in [0.2, 0.25) is 0 Å². The normalized spacial score (nSPS) is 13.8.